The number of carbonyl (C=O) groups is 1. The molecule has 0 spiro atoms. The Bertz CT molecular complexity index is 1240. The lowest BCUT2D eigenvalue weighted by molar-refractivity contribution is 0.0748. The highest BCUT2D eigenvalue weighted by Gasteiger charge is 2.20. The molecular weight excluding hydrogens is 384 g/mol. The Hall–Kier alpha value is -4.04. The summed E-state index contributed by atoms with van der Waals surface area (Å²) in [6.07, 6.45) is 3.71. The third kappa shape index (κ3) is 4.59. The van der Waals surface area contributed by atoms with Crippen LogP contribution in [0.3, 0.4) is 0 Å². The molecule has 4 rings (SSSR count). The minimum atomic E-state index is -0.119. The number of para-hydroxylation sites is 1. The van der Waals surface area contributed by atoms with Crippen LogP contribution in [-0.4, -0.2) is 27.3 Å². The quantitative estimate of drug-likeness (QED) is 0.443. The van der Waals surface area contributed by atoms with Crippen LogP contribution in [0.25, 0.3) is 22.2 Å². The number of nitrogens with zero attached hydrogens (tertiary/aromatic N) is 4. The maximum absolute atomic E-state index is 13.7. The maximum Gasteiger partial charge on any atom is 0.254 e. The van der Waals surface area contributed by atoms with Gasteiger partial charge in [-0.05, 0) is 30.7 Å². The molecule has 0 aliphatic carbocycles. The Morgan fingerprint density at radius 1 is 1.06 bits per heavy atom. The molecule has 5 nitrogen and oxygen atoms in total. The largest absolute Gasteiger partial charge is 0.333 e. The van der Waals surface area contributed by atoms with Gasteiger partial charge in [0, 0.05) is 36.4 Å². The topological polar surface area (TPSA) is 69.9 Å². The zero-order chi connectivity index (χ0) is 21.6. The molecule has 0 atom stereocenters. The first-order chi connectivity index (χ1) is 15.2. The third-order valence-electron chi connectivity index (χ3n) is 5.17. The van der Waals surface area contributed by atoms with E-state index in [-0.39, 0.29) is 12.3 Å². The predicted molar refractivity (Wildman–Crippen MR) is 121 cm³/mol. The van der Waals surface area contributed by atoms with Crippen LogP contribution < -0.4 is 0 Å². The summed E-state index contributed by atoms with van der Waals surface area (Å²) >= 11 is 0. The van der Waals surface area contributed by atoms with Gasteiger partial charge in [-0.2, -0.15) is 5.26 Å². The molecule has 0 saturated carbocycles. The molecule has 0 N–H and O–H groups in total. The second kappa shape index (κ2) is 9.19. The van der Waals surface area contributed by atoms with E-state index < -0.39 is 0 Å². The molecule has 0 bridgehead atoms. The van der Waals surface area contributed by atoms with Gasteiger partial charge in [0.1, 0.15) is 0 Å². The van der Waals surface area contributed by atoms with E-state index in [1.54, 1.807) is 17.3 Å². The summed E-state index contributed by atoms with van der Waals surface area (Å²) in [6, 6.07) is 23.6. The van der Waals surface area contributed by atoms with Crippen molar-refractivity contribution in [1.29, 1.82) is 5.26 Å². The van der Waals surface area contributed by atoms with Crippen LogP contribution in [0.1, 0.15) is 27.9 Å². The summed E-state index contributed by atoms with van der Waals surface area (Å²) in [5.41, 5.74) is 5.16. The molecule has 0 saturated heterocycles. The van der Waals surface area contributed by atoms with Gasteiger partial charge >= 0.3 is 0 Å². The summed E-state index contributed by atoms with van der Waals surface area (Å²) < 4.78 is 0. The van der Waals surface area contributed by atoms with Crippen molar-refractivity contribution in [1.82, 2.24) is 14.9 Å². The summed E-state index contributed by atoms with van der Waals surface area (Å²) in [5, 5.41) is 9.91. The fourth-order valence-electron chi connectivity index (χ4n) is 3.54. The number of aryl methyl sites for hydroxylation is 1. The van der Waals surface area contributed by atoms with E-state index in [2.05, 4.69) is 11.1 Å². The number of pyridine rings is 2. The van der Waals surface area contributed by atoms with Crippen LogP contribution in [0.4, 0.5) is 0 Å². The van der Waals surface area contributed by atoms with E-state index in [1.807, 2.05) is 73.7 Å². The molecule has 2 heterocycles. The summed E-state index contributed by atoms with van der Waals surface area (Å²) in [4.78, 5) is 24.3. The zero-order valence-electron chi connectivity index (χ0n) is 17.3. The Morgan fingerprint density at radius 3 is 2.61 bits per heavy atom. The van der Waals surface area contributed by atoms with Gasteiger partial charge in [0.05, 0.1) is 29.3 Å². The lowest BCUT2D eigenvalue weighted by Gasteiger charge is -2.23. The molecule has 5 heteroatoms. The number of nitriles is 1. The average Bonchev–Trinajstić information content (AvgIpc) is 2.81. The van der Waals surface area contributed by atoms with Gasteiger partial charge in [-0.1, -0.05) is 54.1 Å². The maximum atomic E-state index is 13.7. The monoisotopic (exact) mass is 406 g/mol. The fraction of sp³-hybridized carbons (Fsp3) is 0.154. The van der Waals surface area contributed by atoms with E-state index in [1.165, 1.54) is 5.56 Å². The number of amides is 1. The highest BCUT2D eigenvalue weighted by atomic mass is 16.2. The molecule has 2 aromatic carbocycles. The molecule has 0 aliphatic rings. The number of aromatic nitrogens is 2. The second-order valence-corrected chi connectivity index (χ2v) is 7.43. The van der Waals surface area contributed by atoms with E-state index in [4.69, 9.17) is 10.2 Å². The first-order valence-corrected chi connectivity index (χ1v) is 10.2. The van der Waals surface area contributed by atoms with Gasteiger partial charge in [-0.3, -0.25) is 9.78 Å². The molecule has 31 heavy (non-hydrogen) atoms. The van der Waals surface area contributed by atoms with Crippen LogP contribution >= 0.6 is 0 Å². The van der Waals surface area contributed by atoms with E-state index in [0.717, 1.165) is 27.7 Å². The van der Waals surface area contributed by atoms with Crippen molar-refractivity contribution in [3.63, 3.8) is 0 Å². The molecule has 1 amide bonds. The van der Waals surface area contributed by atoms with Gasteiger partial charge in [0.15, 0.2) is 0 Å². The standard InChI is InChI=1S/C26H22N4O/c1-19-9-11-21(12-10-19)25-16-23(22-7-2-3-8-24(22)29-25)26(31)30(15-5-13-27)18-20-6-4-14-28-17-20/h2-4,6-12,14,16-17H,5,15,18H2,1H3. The van der Waals surface area contributed by atoms with Gasteiger partial charge in [0.2, 0.25) is 0 Å². The first kappa shape index (κ1) is 20.2. The molecule has 4 aromatic rings. The summed E-state index contributed by atoms with van der Waals surface area (Å²) in [5.74, 6) is -0.119. The van der Waals surface area contributed by atoms with Gasteiger partial charge < -0.3 is 4.90 Å². The lowest BCUT2D eigenvalue weighted by Crippen LogP contribution is -2.31. The normalized spacial score (nSPS) is 10.6. The predicted octanol–water partition coefficient (Wildman–Crippen LogP) is 5.16. The summed E-state index contributed by atoms with van der Waals surface area (Å²) in [6.45, 7) is 2.78. The van der Waals surface area contributed by atoms with Gasteiger partial charge in [-0.15, -0.1) is 0 Å². The number of hydrogen-bond donors (Lipinski definition) is 0. The number of fused-ring (bicyclic) bond motifs is 1. The molecule has 2 aromatic heterocycles. The number of carbonyl (C=O) groups excluding carboxylic acids is 1. The van der Waals surface area contributed by atoms with Crippen LogP contribution in [0.5, 0.6) is 0 Å². The van der Waals surface area contributed by atoms with Crippen molar-refractivity contribution >= 4 is 16.8 Å². The molecule has 0 fully saturated rings. The average molecular weight is 406 g/mol. The minimum absolute atomic E-state index is 0.119. The Kier molecular flexibility index (Phi) is 6.00. The molecule has 0 unspecified atom stereocenters. The summed E-state index contributed by atoms with van der Waals surface area (Å²) in [7, 11) is 0. The van der Waals surface area contributed by atoms with Crippen molar-refractivity contribution in [2.45, 2.75) is 19.9 Å². The van der Waals surface area contributed by atoms with Gasteiger partial charge in [0.25, 0.3) is 5.91 Å². The number of benzene rings is 2. The van der Waals surface area contributed by atoms with Crippen molar-refractivity contribution in [2.24, 2.45) is 0 Å². The molecule has 0 aliphatic heterocycles. The van der Waals surface area contributed by atoms with Crippen LogP contribution in [0, 0.1) is 18.3 Å². The Labute approximate surface area is 181 Å². The second-order valence-electron chi connectivity index (χ2n) is 7.43. The SMILES string of the molecule is Cc1ccc(-c2cc(C(=O)N(CCC#N)Cc3cccnc3)c3ccccc3n2)cc1. The first-order valence-electron chi connectivity index (χ1n) is 10.2. The molecule has 152 valence electrons. The number of hydrogen-bond acceptors (Lipinski definition) is 4. The fourth-order valence-corrected chi connectivity index (χ4v) is 3.54. The molecule has 0 radical (unpaired) electrons. The molecular formula is C26H22N4O. The Balaban J connectivity index is 1.79. The number of rotatable bonds is 6. The minimum Gasteiger partial charge on any atom is -0.333 e. The van der Waals surface area contributed by atoms with Crippen molar-refractivity contribution < 1.29 is 4.79 Å². The van der Waals surface area contributed by atoms with Crippen molar-refractivity contribution in [2.75, 3.05) is 6.54 Å². The van der Waals surface area contributed by atoms with Crippen LogP contribution in [-0.2, 0) is 6.54 Å². The Morgan fingerprint density at radius 2 is 1.87 bits per heavy atom. The highest BCUT2D eigenvalue weighted by Crippen LogP contribution is 2.26. The van der Waals surface area contributed by atoms with Crippen LogP contribution in [0.15, 0.2) is 79.1 Å². The zero-order valence-corrected chi connectivity index (χ0v) is 17.3. The van der Waals surface area contributed by atoms with Gasteiger partial charge in [-0.25, -0.2) is 4.98 Å². The smallest absolute Gasteiger partial charge is 0.254 e. The van der Waals surface area contributed by atoms with E-state index in [0.29, 0.717) is 18.7 Å². The third-order valence-corrected chi connectivity index (χ3v) is 5.17. The lowest BCUT2D eigenvalue weighted by atomic mass is 10.0. The van der Waals surface area contributed by atoms with Crippen molar-refractivity contribution in [3.8, 4) is 17.3 Å². The van der Waals surface area contributed by atoms with Crippen LogP contribution in [0.2, 0.25) is 0 Å². The van der Waals surface area contributed by atoms with Crippen molar-refractivity contribution in [3.05, 3.63) is 95.8 Å². The van der Waals surface area contributed by atoms with E-state index >= 15 is 0 Å². The highest BCUT2D eigenvalue weighted by molar-refractivity contribution is 6.07. The van der Waals surface area contributed by atoms with E-state index in [9.17, 15) is 4.79 Å².